The van der Waals surface area contributed by atoms with Gasteiger partial charge in [-0.15, -0.1) is 11.3 Å². The van der Waals surface area contributed by atoms with Gasteiger partial charge in [0.2, 0.25) is 10.0 Å². The van der Waals surface area contributed by atoms with Gasteiger partial charge in [0, 0.05) is 49.8 Å². The van der Waals surface area contributed by atoms with Crippen LogP contribution >= 0.6 is 11.3 Å². The number of aryl methyl sites for hydroxylation is 1. The Morgan fingerprint density at radius 3 is 2.70 bits per heavy atom. The molecule has 0 radical (unpaired) electrons. The van der Waals surface area contributed by atoms with Crippen LogP contribution in [0.5, 0.6) is 0 Å². The molecule has 9 nitrogen and oxygen atoms in total. The monoisotopic (exact) mass is 490 g/mol. The second-order valence-corrected chi connectivity index (χ2v) is 10.5. The van der Waals surface area contributed by atoms with Gasteiger partial charge in [-0.2, -0.15) is 4.31 Å². The smallest absolute Gasteiger partial charge is 0.350 e. The lowest BCUT2D eigenvalue weighted by atomic mass is 10.2. The third kappa shape index (κ3) is 4.61. The van der Waals surface area contributed by atoms with E-state index in [2.05, 4.69) is 9.88 Å². The Labute approximate surface area is 196 Å². The van der Waals surface area contributed by atoms with Gasteiger partial charge in [0.15, 0.2) is 0 Å². The molecule has 1 aliphatic heterocycles. The van der Waals surface area contributed by atoms with Gasteiger partial charge in [0.05, 0.1) is 17.7 Å². The topological polar surface area (TPSA) is 101 Å². The van der Waals surface area contributed by atoms with Gasteiger partial charge in [-0.3, -0.25) is 0 Å². The van der Waals surface area contributed by atoms with Gasteiger partial charge in [-0.25, -0.2) is 18.0 Å². The third-order valence-corrected chi connectivity index (χ3v) is 8.53. The Balaban J connectivity index is 1.46. The lowest BCUT2D eigenvalue weighted by Gasteiger charge is -2.22. The predicted molar refractivity (Wildman–Crippen MR) is 127 cm³/mol. The number of sulfonamides is 1. The van der Waals surface area contributed by atoms with Crippen LogP contribution in [0.25, 0.3) is 10.9 Å². The van der Waals surface area contributed by atoms with E-state index in [-0.39, 0.29) is 24.0 Å². The summed E-state index contributed by atoms with van der Waals surface area (Å²) in [5, 5.41) is 5.32. The maximum atomic E-state index is 13.3. The first-order valence-electron chi connectivity index (χ1n) is 10.7. The van der Waals surface area contributed by atoms with E-state index < -0.39 is 16.0 Å². The highest BCUT2D eigenvalue weighted by atomic mass is 32.2. The average molecular weight is 491 g/mol. The van der Waals surface area contributed by atoms with Crippen molar-refractivity contribution < 1.29 is 22.7 Å². The number of rotatable bonds is 5. The predicted octanol–water partition coefficient (Wildman–Crippen LogP) is 3.44. The number of amides is 2. The zero-order valence-electron chi connectivity index (χ0n) is 18.5. The summed E-state index contributed by atoms with van der Waals surface area (Å²) in [5.41, 5.74) is 1.38. The zero-order chi connectivity index (χ0) is 23.6. The number of anilines is 1. The number of urea groups is 1. The number of carbonyl (C=O) groups is 2. The molecular weight excluding hydrogens is 464 g/mol. The fourth-order valence-corrected chi connectivity index (χ4v) is 6.22. The summed E-state index contributed by atoms with van der Waals surface area (Å²) in [6.45, 7) is 4.03. The van der Waals surface area contributed by atoms with E-state index in [4.69, 9.17) is 4.74 Å². The normalized spacial score (nSPS) is 15.4. The molecule has 1 aliphatic rings. The van der Waals surface area contributed by atoms with Crippen molar-refractivity contribution >= 4 is 50.0 Å². The number of fused-ring (bicyclic) bond motifs is 1. The van der Waals surface area contributed by atoms with Crippen LogP contribution in [0.2, 0.25) is 0 Å². The Morgan fingerprint density at radius 1 is 1.12 bits per heavy atom. The molecule has 0 bridgehead atoms. The quantitative estimate of drug-likeness (QED) is 0.552. The van der Waals surface area contributed by atoms with Gasteiger partial charge in [-0.05, 0) is 49.1 Å². The molecular formula is C22H26N4O5S2. The van der Waals surface area contributed by atoms with Gasteiger partial charge in [0.1, 0.15) is 4.88 Å². The number of ether oxygens (including phenoxy) is 1. The number of thiophene rings is 1. The molecule has 1 N–H and O–H groups in total. The van der Waals surface area contributed by atoms with E-state index in [9.17, 15) is 18.0 Å². The molecule has 0 saturated carbocycles. The molecule has 4 rings (SSSR count). The Morgan fingerprint density at radius 2 is 1.94 bits per heavy atom. The summed E-state index contributed by atoms with van der Waals surface area (Å²) in [6.07, 6.45) is 2.46. The fraction of sp³-hybridized carbons (Fsp3) is 0.364. The molecule has 3 aromatic rings. The number of hydrogen-bond acceptors (Lipinski definition) is 6. The molecule has 0 unspecified atom stereocenters. The summed E-state index contributed by atoms with van der Waals surface area (Å²) in [7, 11) is -2.40. The molecule has 2 amide bonds. The second kappa shape index (κ2) is 9.54. The van der Waals surface area contributed by atoms with Gasteiger partial charge in [0.25, 0.3) is 0 Å². The largest absolute Gasteiger partial charge is 0.465 e. The van der Waals surface area contributed by atoms with E-state index >= 15 is 0 Å². The van der Waals surface area contributed by atoms with E-state index in [0.717, 1.165) is 17.4 Å². The van der Waals surface area contributed by atoms with Crippen molar-refractivity contribution in [1.29, 1.82) is 0 Å². The number of aromatic nitrogens is 1. The molecule has 33 heavy (non-hydrogen) atoms. The number of hydrogen-bond donors (Lipinski definition) is 1. The maximum Gasteiger partial charge on any atom is 0.350 e. The highest BCUT2D eigenvalue weighted by Crippen LogP contribution is 2.25. The van der Waals surface area contributed by atoms with E-state index in [1.807, 2.05) is 25.3 Å². The minimum Gasteiger partial charge on any atom is -0.465 e. The molecule has 0 aliphatic carbocycles. The average Bonchev–Trinajstić information content (AvgIpc) is 3.36. The van der Waals surface area contributed by atoms with E-state index in [1.54, 1.807) is 28.5 Å². The van der Waals surface area contributed by atoms with Crippen LogP contribution in [-0.2, 0) is 21.3 Å². The molecule has 176 valence electrons. The zero-order valence-corrected chi connectivity index (χ0v) is 20.1. The molecule has 11 heteroatoms. The van der Waals surface area contributed by atoms with Crippen LogP contribution in [0.4, 0.5) is 10.5 Å². The van der Waals surface area contributed by atoms with Crippen molar-refractivity contribution in [3.63, 3.8) is 0 Å². The van der Waals surface area contributed by atoms with Crippen LogP contribution in [-0.4, -0.2) is 67.5 Å². The maximum absolute atomic E-state index is 13.3. The van der Waals surface area contributed by atoms with Crippen LogP contribution in [0.15, 0.2) is 46.8 Å². The van der Waals surface area contributed by atoms with Crippen LogP contribution in [0.3, 0.4) is 0 Å². The Kier molecular flexibility index (Phi) is 6.73. The highest BCUT2D eigenvalue weighted by Gasteiger charge is 2.29. The van der Waals surface area contributed by atoms with Crippen molar-refractivity contribution in [2.24, 2.45) is 0 Å². The van der Waals surface area contributed by atoms with E-state index in [0.29, 0.717) is 30.1 Å². The minimum absolute atomic E-state index is 0.192. The number of methoxy groups -OCH3 is 1. The number of nitrogens with one attached hydrogen (secondary N) is 1. The number of benzene rings is 1. The van der Waals surface area contributed by atoms with Crippen LogP contribution in [0, 0.1) is 0 Å². The number of nitrogens with zero attached hydrogens (tertiary/aromatic N) is 3. The molecule has 0 atom stereocenters. The summed E-state index contributed by atoms with van der Waals surface area (Å²) >= 11 is 1.18. The highest BCUT2D eigenvalue weighted by molar-refractivity contribution is 7.89. The molecule has 2 aromatic heterocycles. The summed E-state index contributed by atoms with van der Waals surface area (Å²) in [5.74, 6) is -0.514. The number of carbonyl (C=O) groups excluding carboxylic acids is 2. The molecule has 1 fully saturated rings. The van der Waals surface area contributed by atoms with Crippen molar-refractivity contribution in [2.75, 3.05) is 38.6 Å². The first kappa shape index (κ1) is 23.3. The van der Waals surface area contributed by atoms with Gasteiger partial charge >= 0.3 is 12.0 Å². The van der Waals surface area contributed by atoms with Gasteiger partial charge < -0.3 is 19.5 Å². The van der Waals surface area contributed by atoms with Crippen LogP contribution < -0.4 is 5.32 Å². The van der Waals surface area contributed by atoms with Crippen LogP contribution in [0.1, 0.15) is 23.0 Å². The fourth-order valence-electron chi connectivity index (χ4n) is 3.95. The molecule has 1 aromatic carbocycles. The summed E-state index contributed by atoms with van der Waals surface area (Å²) < 4.78 is 34.8. The SMILES string of the molecule is CCn1ccc2cc(S(=O)(=O)N3CCCN(C(=O)Nc4ccsc4C(=O)OC)CC3)ccc21. The van der Waals surface area contributed by atoms with Crippen molar-refractivity contribution in [3.05, 3.63) is 46.8 Å². The lowest BCUT2D eigenvalue weighted by molar-refractivity contribution is 0.0607. The minimum atomic E-state index is -3.69. The van der Waals surface area contributed by atoms with Gasteiger partial charge in [-0.1, -0.05) is 0 Å². The van der Waals surface area contributed by atoms with Crippen molar-refractivity contribution in [2.45, 2.75) is 24.8 Å². The lowest BCUT2D eigenvalue weighted by Crippen LogP contribution is -2.39. The molecule has 1 saturated heterocycles. The summed E-state index contributed by atoms with van der Waals surface area (Å²) in [6, 6.07) is 8.37. The van der Waals surface area contributed by atoms with Crippen molar-refractivity contribution in [3.8, 4) is 0 Å². The number of esters is 1. The molecule has 3 heterocycles. The Bertz CT molecular complexity index is 1280. The van der Waals surface area contributed by atoms with E-state index in [1.165, 1.54) is 22.8 Å². The third-order valence-electron chi connectivity index (χ3n) is 5.74. The first-order chi connectivity index (χ1) is 15.8. The summed E-state index contributed by atoms with van der Waals surface area (Å²) in [4.78, 5) is 26.8. The standard InChI is InChI=1S/C22H26N4O5S2/c1-3-24-11-7-16-15-17(5-6-19(16)24)33(29,30)26-10-4-9-25(12-13-26)22(28)23-18-8-14-32-20(18)21(27)31-2/h5-8,11,14-15H,3-4,9-10,12-13H2,1-2H3,(H,23,28). The Hall–Kier alpha value is -2.89. The first-order valence-corrected chi connectivity index (χ1v) is 13.0. The second-order valence-electron chi connectivity index (χ2n) is 7.65. The molecule has 0 spiro atoms. The van der Waals surface area contributed by atoms with Crippen molar-refractivity contribution in [1.82, 2.24) is 13.8 Å².